The molecule has 0 aliphatic heterocycles. The summed E-state index contributed by atoms with van der Waals surface area (Å²) in [6.07, 6.45) is -1.03. The van der Waals surface area contributed by atoms with E-state index in [0.29, 0.717) is 15.6 Å². The predicted molar refractivity (Wildman–Crippen MR) is 89.8 cm³/mol. The number of esters is 1. The molecule has 0 saturated carbocycles. The standard InChI is InChI=1S/C17H15Cl2NO3/c1-20(2)16(21)15(11-6-4-3-5-7-11)23-17(22)12-8-13(18)10-14(19)9-12/h3-10,15H,1-2H3/t15-/m1/s1. The molecule has 120 valence electrons. The quantitative estimate of drug-likeness (QED) is 0.782. The van der Waals surface area contributed by atoms with Gasteiger partial charge in [0.25, 0.3) is 5.91 Å². The van der Waals surface area contributed by atoms with Crippen molar-refractivity contribution < 1.29 is 14.3 Å². The number of hydrogen-bond acceptors (Lipinski definition) is 3. The predicted octanol–water partition coefficient (Wildman–Crippen LogP) is 3.98. The summed E-state index contributed by atoms with van der Waals surface area (Å²) in [5.74, 6) is -1.00. The van der Waals surface area contributed by atoms with Gasteiger partial charge in [-0.1, -0.05) is 53.5 Å². The highest BCUT2D eigenvalue weighted by molar-refractivity contribution is 6.35. The minimum atomic E-state index is -1.03. The van der Waals surface area contributed by atoms with E-state index in [1.165, 1.54) is 23.1 Å². The number of amides is 1. The first kappa shape index (κ1) is 17.3. The number of nitrogens with zero attached hydrogens (tertiary/aromatic N) is 1. The van der Waals surface area contributed by atoms with Gasteiger partial charge in [-0.15, -0.1) is 0 Å². The number of likely N-dealkylation sites (N-methyl/N-ethyl adjacent to an activating group) is 1. The first-order valence-electron chi connectivity index (χ1n) is 6.81. The van der Waals surface area contributed by atoms with Gasteiger partial charge in [-0.25, -0.2) is 4.79 Å². The molecule has 0 unspecified atom stereocenters. The molecule has 0 bridgehead atoms. The number of hydrogen-bond donors (Lipinski definition) is 0. The molecule has 0 aliphatic carbocycles. The van der Waals surface area contributed by atoms with Gasteiger partial charge in [0.2, 0.25) is 6.10 Å². The lowest BCUT2D eigenvalue weighted by Gasteiger charge is -2.21. The van der Waals surface area contributed by atoms with Crippen molar-refractivity contribution in [2.45, 2.75) is 6.10 Å². The van der Waals surface area contributed by atoms with Crippen molar-refractivity contribution in [3.05, 3.63) is 69.7 Å². The minimum absolute atomic E-state index is 0.190. The lowest BCUT2D eigenvalue weighted by Crippen LogP contribution is -2.31. The second-order valence-corrected chi connectivity index (χ2v) is 5.96. The molecule has 0 saturated heterocycles. The van der Waals surface area contributed by atoms with E-state index >= 15 is 0 Å². The van der Waals surface area contributed by atoms with Gasteiger partial charge in [0.1, 0.15) is 0 Å². The third-order valence-electron chi connectivity index (χ3n) is 3.09. The highest BCUT2D eigenvalue weighted by atomic mass is 35.5. The third-order valence-corrected chi connectivity index (χ3v) is 3.53. The van der Waals surface area contributed by atoms with Gasteiger partial charge < -0.3 is 9.64 Å². The summed E-state index contributed by atoms with van der Waals surface area (Å²) in [6, 6.07) is 13.2. The summed E-state index contributed by atoms with van der Waals surface area (Å²) in [6.45, 7) is 0. The van der Waals surface area contributed by atoms with Crippen LogP contribution in [-0.4, -0.2) is 30.9 Å². The molecule has 2 aromatic carbocycles. The van der Waals surface area contributed by atoms with Crippen molar-refractivity contribution in [2.24, 2.45) is 0 Å². The zero-order valence-corrected chi connectivity index (χ0v) is 14.1. The second-order valence-electron chi connectivity index (χ2n) is 5.09. The highest BCUT2D eigenvalue weighted by Crippen LogP contribution is 2.24. The lowest BCUT2D eigenvalue weighted by molar-refractivity contribution is -0.138. The Morgan fingerprint density at radius 3 is 2.09 bits per heavy atom. The van der Waals surface area contributed by atoms with Crippen molar-refractivity contribution in [3.63, 3.8) is 0 Å². The van der Waals surface area contributed by atoms with Crippen LogP contribution in [0, 0.1) is 0 Å². The summed E-state index contributed by atoms with van der Waals surface area (Å²) in [4.78, 5) is 26.1. The molecule has 0 aromatic heterocycles. The lowest BCUT2D eigenvalue weighted by atomic mass is 10.1. The topological polar surface area (TPSA) is 46.6 Å². The average molecular weight is 352 g/mol. The number of rotatable bonds is 4. The Kier molecular flexibility index (Phi) is 5.64. The van der Waals surface area contributed by atoms with Crippen molar-refractivity contribution in [3.8, 4) is 0 Å². The molecule has 4 nitrogen and oxygen atoms in total. The van der Waals surface area contributed by atoms with Crippen molar-refractivity contribution >= 4 is 35.1 Å². The van der Waals surface area contributed by atoms with Crippen molar-refractivity contribution in [1.82, 2.24) is 4.90 Å². The van der Waals surface area contributed by atoms with E-state index in [1.54, 1.807) is 38.4 Å². The average Bonchev–Trinajstić information content (AvgIpc) is 2.51. The minimum Gasteiger partial charge on any atom is -0.444 e. The van der Waals surface area contributed by atoms with E-state index in [2.05, 4.69) is 0 Å². The van der Waals surface area contributed by atoms with Gasteiger partial charge in [0, 0.05) is 29.7 Å². The van der Waals surface area contributed by atoms with E-state index < -0.39 is 12.1 Å². The van der Waals surface area contributed by atoms with E-state index in [9.17, 15) is 9.59 Å². The summed E-state index contributed by atoms with van der Waals surface area (Å²) in [5, 5.41) is 0.638. The normalized spacial score (nSPS) is 11.7. The summed E-state index contributed by atoms with van der Waals surface area (Å²) < 4.78 is 5.41. The Morgan fingerprint density at radius 1 is 1.00 bits per heavy atom. The van der Waals surface area contributed by atoms with Gasteiger partial charge in [-0.2, -0.15) is 0 Å². The van der Waals surface area contributed by atoms with Crippen LogP contribution < -0.4 is 0 Å². The molecule has 1 atom stereocenters. The molecule has 0 spiro atoms. The molecule has 0 radical (unpaired) electrons. The van der Waals surface area contributed by atoms with Crippen LogP contribution in [0.5, 0.6) is 0 Å². The fourth-order valence-corrected chi connectivity index (χ4v) is 2.50. The van der Waals surface area contributed by atoms with Crippen LogP contribution in [0.3, 0.4) is 0 Å². The Balaban J connectivity index is 2.30. The van der Waals surface area contributed by atoms with Crippen LogP contribution in [-0.2, 0) is 9.53 Å². The van der Waals surface area contributed by atoms with Crippen LogP contribution in [0.1, 0.15) is 22.0 Å². The number of carbonyl (C=O) groups is 2. The molecular weight excluding hydrogens is 337 g/mol. The Bertz CT molecular complexity index is 697. The maximum absolute atomic E-state index is 12.3. The van der Waals surface area contributed by atoms with Gasteiger partial charge in [-0.05, 0) is 18.2 Å². The molecule has 2 aromatic rings. The van der Waals surface area contributed by atoms with Crippen LogP contribution in [0.2, 0.25) is 10.0 Å². The molecule has 0 aliphatic rings. The molecule has 0 N–H and O–H groups in total. The van der Waals surface area contributed by atoms with E-state index in [0.717, 1.165) is 0 Å². The van der Waals surface area contributed by atoms with Crippen LogP contribution in [0.25, 0.3) is 0 Å². The fourth-order valence-electron chi connectivity index (χ4n) is 1.97. The maximum Gasteiger partial charge on any atom is 0.339 e. The van der Waals surface area contributed by atoms with Gasteiger partial charge in [-0.3, -0.25) is 4.79 Å². The van der Waals surface area contributed by atoms with Crippen molar-refractivity contribution in [2.75, 3.05) is 14.1 Å². The number of ether oxygens (including phenoxy) is 1. The van der Waals surface area contributed by atoms with Gasteiger partial charge >= 0.3 is 5.97 Å². The number of benzene rings is 2. The van der Waals surface area contributed by atoms with Crippen molar-refractivity contribution in [1.29, 1.82) is 0 Å². The third kappa shape index (κ3) is 4.47. The van der Waals surface area contributed by atoms with Gasteiger partial charge in [0.05, 0.1) is 5.56 Å². The van der Waals surface area contributed by atoms with Crippen LogP contribution >= 0.6 is 23.2 Å². The molecule has 0 fully saturated rings. The molecule has 0 heterocycles. The Hall–Kier alpha value is -2.04. The largest absolute Gasteiger partial charge is 0.444 e. The van der Waals surface area contributed by atoms with E-state index in [-0.39, 0.29) is 11.5 Å². The summed E-state index contributed by atoms with van der Waals surface area (Å²) in [5.41, 5.74) is 0.780. The SMILES string of the molecule is CN(C)C(=O)[C@H](OC(=O)c1cc(Cl)cc(Cl)c1)c1ccccc1. The molecule has 1 amide bonds. The Morgan fingerprint density at radius 2 is 1.57 bits per heavy atom. The Labute approximate surface area is 144 Å². The first-order chi connectivity index (χ1) is 10.9. The summed E-state index contributed by atoms with van der Waals surface area (Å²) in [7, 11) is 3.20. The van der Waals surface area contributed by atoms with Crippen LogP contribution in [0.4, 0.5) is 0 Å². The molecular formula is C17H15Cl2NO3. The maximum atomic E-state index is 12.3. The smallest absolute Gasteiger partial charge is 0.339 e. The first-order valence-corrected chi connectivity index (χ1v) is 7.57. The van der Waals surface area contributed by atoms with Gasteiger partial charge in [0.15, 0.2) is 0 Å². The zero-order valence-electron chi connectivity index (χ0n) is 12.6. The molecule has 23 heavy (non-hydrogen) atoms. The van der Waals surface area contributed by atoms with Crippen LogP contribution in [0.15, 0.2) is 48.5 Å². The fraction of sp³-hybridized carbons (Fsp3) is 0.176. The zero-order chi connectivity index (χ0) is 17.0. The van der Waals surface area contributed by atoms with E-state index in [1.807, 2.05) is 6.07 Å². The molecule has 2 rings (SSSR count). The molecule has 6 heteroatoms. The number of halogens is 2. The highest BCUT2D eigenvalue weighted by Gasteiger charge is 2.27. The second kappa shape index (κ2) is 7.49. The number of carbonyl (C=O) groups excluding carboxylic acids is 2. The monoisotopic (exact) mass is 351 g/mol. The van der Waals surface area contributed by atoms with E-state index in [4.69, 9.17) is 27.9 Å². The summed E-state index contributed by atoms with van der Waals surface area (Å²) >= 11 is 11.8.